The molecule has 0 aromatic heterocycles. The Morgan fingerprint density at radius 3 is 2.03 bits per heavy atom. The Balaban J connectivity index is 3.96. The minimum atomic E-state index is -0.108. The maximum Gasteiger partial charge on any atom is 0.306 e. The van der Waals surface area contributed by atoms with E-state index in [1.807, 2.05) is 0 Å². The van der Waals surface area contributed by atoms with Crippen molar-refractivity contribution < 1.29 is 19.1 Å². The average molecular weight is 411 g/mol. The molecule has 0 amide bonds. The van der Waals surface area contributed by atoms with E-state index in [9.17, 15) is 9.59 Å². The van der Waals surface area contributed by atoms with E-state index in [2.05, 4.69) is 30.7 Å². The lowest BCUT2D eigenvalue weighted by molar-refractivity contribution is -0.149. The molecule has 0 saturated heterocycles. The van der Waals surface area contributed by atoms with Crippen molar-refractivity contribution in [1.82, 2.24) is 0 Å². The van der Waals surface area contributed by atoms with Crippen molar-refractivity contribution in [2.45, 2.75) is 129 Å². The van der Waals surface area contributed by atoms with E-state index < -0.39 is 0 Å². The van der Waals surface area contributed by atoms with Crippen LogP contribution in [0.15, 0.2) is 12.2 Å². The number of methoxy groups -OCH3 is 1. The molecule has 4 heteroatoms. The molecule has 0 aliphatic heterocycles. The summed E-state index contributed by atoms with van der Waals surface area (Å²) in [6.07, 6.45) is 22.0. The molecular weight excluding hydrogens is 364 g/mol. The number of carbonyl (C=O) groups excluding carboxylic acids is 2. The predicted octanol–water partition coefficient (Wildman–Crippen LogP) is 7.30. The van der Waals surface area contributed by atoms with Gasteiger partial charge in [-0.1, -0.05) is 77.4 Å². The van der Waals surface area contributed by atoms with Crippen molar-refractivity contribution >= 4 is 11.9 Å². The first-order valence-electron chi connectivity index (χ1n) is 12.0. The number of esters is 2. The topological polar surface area (TPSA) is 52.6 Å². The van der Waals surface area contributed by atoms with Gasteiger partial charge in [0.1, 0.15) is 6.10 Å². The van der Waals surface area contributed by atoms with E-state index in [1.165, 1.54) is 45.6 Å². The van der Waals surface area contributed by atoms with Crippen LogP contribution in [0.2, 0.25) is 0 Å². The second-order valence-electron chi connectivity index (χ2n) is 8.01. The molecule has 0 N–H and O–H groups in total. The van der Waals surface area contributed by atoms with Gasteiger partial charge in [-0.15, -0.1) is 0 Å². The van der Waals surface area contributed by atoms with Crippen molar-refractivity contribution in [2.75, 3.05) is 7.11 Å². The lowest BCUT2D eigenvalue weighted by atomic mass is 10.1. The summed E-state index contributed by atoms with van der Waals surface area (Å²) >= 11 is 0. The molecule has 0 aromatic carbocycles. The lowest BCUT2D eigenvalue weighted by Gasteiger charge is -2.16. The van der Waals surface area contributed by atoms with E-state index in [4.69, 9.17) is 4.74 Å². The standard InChI is InChI=1S/C25H46O4/c1-4-6-8-16-19-23(29-25(27)22-15-7-5-2)20-17-13-11-9-10-12-14-18-21-24(26)28-3/h13,17,23H,4-12,14-16,18-22H2,1-3H3/b17-13-/t23-/m1/s1. The van der Waals surface area contributed by atoms with Gasteiger partial charge in [0, 0.05) is 19.3 Å². The van der Waals surface area contributed by atoms with Crippen LogP contribution < -0.4 is 0 Å². The van der Waals surface area contributed by atoms with Gasteiger partial charge >= 0.3 is 11.9 Å². The first-order valence-corrected chi connectivity index (χ1v) is 12.0. The monoisotopic (exact) mass is 410 g/mol. The molecule has 170 valence electrons. The molecule has 0 saturated carbocycles. The number of carbonyl (C=O) groups is 2. The summed E-state index contributed by atoms with van der Waals surface area (Å²) in [4.78, 5) is 23.1. The van der Waals surface area contributed by atoms with E-state index in [0.717, 1.165) is 57.8 Å². The fourth-order valence-corrected chi connectivity index (χ4v) is 3.32. The molecule has 0 aliphatic carbocycles. The third-order valence-electron chi connectivity index (χ3n) is 5.21. The average Bonchev–Trinajstić information content (AvgIpc) is 2.72. The van der Waals surface area contributed by atoms with Crippen LogP contribution in [0, 0.1) is 0 Å². The Morgan fingerprint density at radius 2 is 1.31 bits per heavy atom. The van der Waals surface area contributed by atoms with E-state index in [1.54, 1.807) is 0 Å². The largest absolute Gasteiger partial charge is 0.469 e. The van der Waals surface area contributed by atoms with Gasteiger partial charge in [0.15, 0.2) is 0 Å². The summed E-state index contributed by atoms with van der Waals surface area (Å²) < 4.78 is 10.4. The number of unbranched alkanes of at least 4 members (excludes halogenated alkanes) is 10. The third-order valence-corrected chi connectivity index (χ3v) is 5.21. The minimum Gasteiger partial charge on any atom is -0.469 e. The third kappa shape index (κ3) is 19.8. The SMILES string of the molecule is CCCCCC[C@H](C/C=C\CCCCCCCC(=O)OC)OC(=O)CCCCC. The number of rotatable bonds is 20. The van der Waals surface area contributed by atoms with Crippen molar-refractivity contribution in [2.24, 2.45) is 0 Å². The van der Waals surface area contributed by atoms with Crippen LogP contribution >= 0.6 is 0 Å². The fourth-order valence-electron chi connectivity index (χ4n) is 3.32. The minimum absolute atomic E-state index is 0.0284. The van der Waals surface area contributed by atoms with Crippen molar-refractivity contribution in [3.8, 4) is 0 Å². The Hall–Kier alpha value is -1.32. The van der Waals surface area contributed by atoms with Gasteiger partial charge in [0.2, 0.25) is 0 Å². The Labute approximate surface area is 179 Å². The highest BCUT2D eigenvalue weighted by Gasteiger charge is 2.12. The highest BCUT2D eigenvalue weighted by atomic mass is 16.5. The number of hydrogen-bond donors (Lipinski definition) is 0. The summed E-state index contributed by atoms with van der Waals surface area (Å²) in [5.74, 6) is -0.137. The van der Waals surface area contributed by atoms with Crippen molar-refractivity contribution in [3.05, 3.63) is 12.2 Å². The van der Waals surface area contributed by atoms with E-state index in [-0.39, 0.29) is 18.0 Å². The first kappa shape index (κ1) is 27.7. The van der Waals surface area contributed by atoms with Crippen LogP contribution in [0.5, 0.6) is 0 Å². The van der Waals surface area contributed by atoms with Gasteiger partial charge in [-0.25, -0.2) is 0 Å². The fraction of sp³-hybridized carbons (Fsp3) is 0.840. The van der Waals surface area contributed by atoms with Crippen LogP contribution in [0.3, 0.4) is 0 Å². The molecule has 29 heavy (non-hydrogen) atoms. The molecular formula is C25H46O4. The zero-order chi connectivity index (χ0) is 21.6. The Bertz CT molecular complexity index is 417. The van der Waals surface area contributed by atoms with Gasteiger partial charge in [0.05, 0.1) is 7.11 Å². The van der Waals surface area contributed by atoms with Crippen molar-refractivity contribution in [3.63, 3.8) is 0 Å². The highest BCUT2D eigenvalue weighted by molar-refractivity contribution is 5.69. The van der Waals surface area contributed by atoms with Gasteiger partial charge in [-0.3, -0.25) is 9.59 Å². The van der Waals surface area contributed by atoms with E-state index >= 15 is 0 Å². The number of hydrogen-bond acceptors (Lipinski definition) is 4. The zero-order valence-corrected chi connectivity index (χ0v) is 19.4. The molecule has 1 atom stereocenters. The lowest BCUT2D eigenvalue weighted by Crippen LogP contribution is -2.17. The first-order chi connectivity index (χ1) is 14.1. The summed E-state index contributed by atoms with van der Waals surface area (Å²) in [5, 5.41) is 0. The molecule has 0 radical (unpaired) electrons. The van der Waals surface area contributed by atoms with Crippen LogP contribution in [0.1, 0.15) is 123 Å². The summed E-state index contributed by atoms with van der Waals surface area (Å²) in [6.45, 7) is 4.36. The number of ether oxygens (including phenoxy) is 2. The Morgan fingerprint density at radius 1 is 0.724 bits per heavy atom. The maximum absolute atomic E-state index is 12.1. The molecule has 0 rings (SSSR count). The van der Waals surface area contributed by atoms with E-state index in [0.29, 0.717) is 12.8 Å². The summed E-state index contributed by atoms with van der Waals surface area (Å²) in [7, 11) is 1.44. The van der Waals surface area contributed by atoms with Crippen molar-refractivity contribution in [1.29, 1.82) is 0 Å². The predicted molar refractivity (Wildman–Crippen MR) is 121 cm³/mol. The Kier molecular flexibility index (Phi) is 20.4. The highest BCUT2D eigenvalue weighted by Crippen LogP contribution is 2.15. The van der Waals surface area contributed by atoms with Gasteiger partial charge in [0.25, 0.3) is 0 Å². The second-order valence-corrected chi connectivity index (χ2v) is 8.01. The second kappa shape index (κ2) is 21.4. The maximum atomic E-state index is 12.1. The van der Waals surface area contributed by atoms with Gasteiger partial charge in [-0.05, 0) is 38.5 Å². The summed E-state index contributed by atoms with van der Waals surface area (Å²) in [6, 6.07) is 0. The summed E-state index contributed by atoms with van der Waals surface area (Å²) in [5.41, 5.74) is 0. The normalized spacial score (nSPS) is 12.2. The molecule has 0 aromatic rings. The van der Waals surface area contributed by atoms with Crippen LogP contribution in [-0.2, 0) is 19.1 Å². The molecule has 0 fully saturated rings. The molecule has 4 nitrogen and oxygen atoms in total. The molecule has 0 aliphatic rings. The smallest absolute Gasteiger partial charge is 0.306 e. The quantitative estimate of drug-likeness (QED) is 0.120. The van der Waals surface area contributed by atoms with Gasteiger partial charge < -0.3 is 9.47 Å². The van der Waals surface area contributed by atoms with Gasteiger partial charge in [-0.2, -0.15) is 0 Å². The van der Waals surface area contributed by atoms with Crippen LogP contribution in [0.25, 0.3) is 0 Å². The zero-order valence-electron chi connectivity index (χ0n) is 19.4. The van der Waals surface area contributed by atoms with Crippen LogP contribution in [0.4, 0.5) is 0 Å². The molecule has 0 bridgehead atoms. The molecule has 0 heterocycles. The number of allylic oxidation sites excluding steroid dienone is 1. The molecule has 0 spiro atoms. The molecule has 0 unspecified atom stereocenters. The van der Waals surface area contributed by atoms with Crippen LogP contribution in [-0.4, -0.2) is 25.2 Å².